The molecule has 1 atom stereocenters. The van der Waals surface area contributed by atoms with E-state index in [1.165, 1.54) is 0 Å². The van der Waals surface area contributed by atoms with Gasteiger partial charge in [0.05, 0.1) is 5.92 Å². The van der Waals surface area contributed by atoms with Crippen LogP contribution >= 0.6 is 0 Å². The van der Waals surface area contributed by atoms with Crippen molar-refractivity contribution >= 4 is 11.8 Å². The Morgan fingerprint density at radius 1 is 1.03 bits per heavy atom. The predicted octanol–water partition coefficient (Wildman–Crippen LogP) is 3.47. The van der Waals surface area contributed by atoms with Crippen molar-refractivity contribution in [2.75, 3.05) is 26.2 Å². The smallest absolute Gasteiger partial charge is 0.254 e. The summed E-state index contributed by atoms with van der Waals surface area (Å²) >= 11 is 0. The molecule has 32 heavy (non-hydrogen) atoms. The van der Waals surface area contributed by atoms with Crippen molar-refractivity contribution < 1.29 is 9.59 Å². The van der Waals surface area contributed by atoms with Crippen molar-refractivity contribution in [2.45, 2.75) is 6.42 Å². The third-order valence-corrected chi connectivity index (χ3v) is 5.71. The van der Waals surface area contributed by atoms with Gasteiger partial charge in [0.15, 0.2) is 0 Å². The molecule has 0 bridgehead atoms. The lowest BCUT2D eigenvalue weighted by molar-refractivity contribution is -0.134. The Kier molecular flexibility index (Phi) is 6.70. The highest BCUT2D eigenvalue weighted by molar-refractivity contribution is 5.94. The third kappa shape index (κ3) is 4.91. The lowest BCUT2D eigenvalue weighted by Gasteiger charge is -2.24. The van der Waals surface area contributed by atoms with E-state index in [0.29, 0.717) is 38.2 Å². The first kappa shape index (κ1) is 21.4. The summed E-state index contributed by atoms with van der Waals surface area (Å²) < 4.78 is 0. The number of rotatable bonds is 6. The minimum absolute atomic E-state index is 0.0571. The van der Waals surface area contributed by atoms with E-state index >= 15 is 0 Å². The monoisotopic (exact) mass is 426 g/mol. The number of hydrogen-bond acceptors (Lipinski definition) is 4. The molecule has 2 amide bonds. The van der Waals surface area contributed by atoms with Crippen LogP contribution in [0.15, 0.2) is 86.0 Å². The molecule has 1 aromatic carbocycles. The second-order valence-corrected chi connectivity index (χ2v) is 7.90. The summed E-state index contributed by atoms with van der Waals surface area (Å²) in [6.45, 7) is 5.63. The molecule has 1 saturated heterocycles. The maximum atomic E-state index is 13.3. The fourth-order valence-electron chi connectivity index (χ4n) is 4.09. The van der Waals surface area contributed by atoms with Crippen molar-refractivity contribution in [1.29, 1.82) is 0 Å². The molecule has 0 radical (unpaired) electrons. The summed E-state index contributed by atoms with van der Waals surface area (Å²) in [7, 11) is 0. The summed E-state index contributed by atoms with van der Waals surface area (Å²) in [6, 6.07) is 15.5. The molecule has 0 N–H and O–H groups in total. The molecule has 6 heteroatoms. The van der Waals surface area contributed by atoms with Gasteiger partial charge in [-0.1, -0.05) is 36.4 Å². The second-order valence-electron chi connectivity index (χ2n) is 7.90. The molecule has 0 aliphatic carbocycles. The second kappa shape index (κ2) is 10.0. The van der Waals surface area contributed by atoms with Gasteiger partial charge in [-0.15, -0.1) is 6.58 Å². The van der Waals surface area contributed by atoms with Crippen LogP contribution in [0.2, 0.25) is 0 Å². The summed E-state index contributed by atoms with van der Waals surface area (Å²) in [5.41, 5.74) is 3.73. The third-order valence-electron chi connectivity index (χ3n) is 5.71. The first-order valence-electron chi connectivity index (χ1n) is 10.7. The molecule has 3 heterocycles. The van der Waals surface area contributed by atoms with Crippen molar-refractivity contribution in [3.05, 3.63) is 97.1 Å². The molecule has 2 aromatic heterocycles. The van der Waals surface area contributed by atoms with Crippen LogP contribution in [0.4, 0.5) is 0 Å². The van der Waals surface area contributed by atoms with Gasteiger partial charge >= 0.3 is 0 Å². The van der Waals surface area contributed by atoms with E-state index in [-0.39, 0.29) is 17.7 Å². The number of pyridine rings is 2. The van der Waals surface area contributed by atoms with Gasteiger partial charge in [0, 0.05) is 56.5 Å². The first-order chi connectivity index (χ1) is 15.7. The van der Waals surface area contributed by atoms with Crippen LogP contribution in [0.1, 0.15) is 15.9 Å². The summed E-state index contributed by atoms with van der Waals surface area (Å²) in [5.74, 6) is -0.344. The van der Waals surface area contributed by atoms with E-state index in [9.17, 15) is 9.59 Å². The zero-order valence-electron chi connectivity index (χ0n) is 17.9. The maximum absolute atomic E-state index is 13.3. The van der Waals surface area contributed by atoms with Gasteiger partial charge in [-0.25, -0.2) is 0 Å². The predicted molar refractivity (Wildman–Crippen MR) is 124 cm³/mol. The zero-order valence-corrected chi connectivity index (χ0v) is 17.9. The normalized spacial score (nSPS) is 16.5. The van der Waals surface area contributed by atoms with Crippen LogP contribution in [0, 0.1) is 5.92 Å². The average molecular weight is 427 g/mol. The molecule has 1 aliphatic rings. The molecule has 1 aliphatic heterocycles. The zero-order chi connectivity index (χ0) is 22.3. The molecular weight excluding hydrogens is 400 g/mol. The highest BCUT2D eigenvalue weighted by atomic mass is 16.2. The Labute approximate surface area is 188 Å². The average Bonchev–Trinajstić information content (AvgIpc) is 2.99. The Balaban J connectivity index is 1.59. The minimum atomic E-state index is -0.326. The Morgan fingerprint density at radius 3 is 2.59 bits per heavy atom. The largest absolute Gasteiger partial charge is 0.337 e. The Morgan fingerprint density at radius 2 is 1.84 bits per heavy atom. The number of carbonyl (C=O) groups is 2. The van der Waals surface area contributed by atoms with Gasteiger partial charge in [-0.3, -0.25) is 19.6 Å². The maximum Gasteiger partial charge on any atom is 0.254 e. The fraction of sp³-hybridized carbons (Fsp3) is 0.231. The van der Waals surface area contributed by atoms with Crippen LogP contribution in [0.25, 0.3) is 11.1 Å². The number of nitrogens with zero attached hydrogens (tertiary/aromatic N) is 4. The van der Waals surface area contributed by atoms with E-state index < -0.39 is 0 Å². The number of benzene rings is 1. The van der Waals surface area contributed by atoms with Crippen LogP contribution in [0.5, 0.6) is 0 Å². The molecule has 6 nitrogen and oxygen atoms in total. The van der Waals surface area contributed by atoms with Gasteiger partial charge in [0.1, 0.15) is 0 Å². The van der Waals surface area contributed by atoms with Crippen molar-refractivity contribution in [3.63, 3.8) is 0 Å². The lowest BCUT2D eigenvalue weighted by Crippen LogP contribution is -2.38. The van der Waals surface area contributed by atoms with Crippen molar-refractivity contribution in [2.24, 2.45) is 5.92 Å². The van der Waals surface area contributed by atoms with Crippen LogP contribution in [-0.4, -0.2) is 57.8 Å². The Bertz CT molecular complexity index is 1090. The number of hydrogen-bond donors (Lipinski definition) is 0. The number of carbonyl (C=O) groups excluding carboxylic acids is 2. The highest BCUT2D eigenvalue weighted by Crippen LogP contribution is 2.23. The van der Waals surface area contributed by atoms with Crippen LogP contribution < -0.4 is 0 Å². The summed E-state index contributed by atoms with van der Waals surface area (Å²) in [4.78, 5) is 38.2. The summed E-state index contributed by atoms with van der Waals surface area (Å²) in [5, 5.41) is 0. The molecule has 3 aromatic rings. The molecule has 0 spiro atoms. The molecule has 162 valence electrons. The lowest BCUT2D eigenvalue weighted by atomic mass is 9.95. The van der Waals surface area contributed by atoms with Crippen molar-refractivity contribution in [1.82, 2.24) is 19.8 Å². The first-order valence-corrected chi connectivity index (χ1v) is 10.7. The van der Waals surface area contributed by atoms with Gasteiger partial charge in [-0.2, -0.15) is 0 Å². The van der Waals surface area contributed by atoms with E-state index in [1.807, 2.05) is 36.5 Å². The van der Waals surface area contributed by atoms with Gasteiger partial charge < -0.3 is 9.80 Å². The van der Waals surface area contributed by atoms with Crippen molar-refractivity contribution in [3.8, 4) is 11.1 Å². The van der Waals surface area contributed by atoms with E-state index in [4.69, 9.17) is 0 Å². The molecule has 1 unspecified atom stereocenters. The quantitative estimate of drug-likeness (QED) is 0.566. The Hall–Kier alpha value is -3.80. The molecule has 0 saturated carbocycles. The van der Waals surface area contributed by atoms with E-state index in [2.05, 4.69) is 22.6 Å². The minimum Gasteiger partial charge on any atom is -0.337 e. The standard InChI is InChI=1S/C26H26N4O2/c1-2-13-29-14-15-30(25(31)21-8-11-27-12-9-21)19-24(26(29)32)17-20-5-3-6-22(16-20)23-7-4-10-28-18-23/h2-12,16,18,24H,1,13-15,17,19H2. The molecule has 4 rings (SSSR count). The molecule has 1 fully saturated rings. The number of amides is 2. The summed E-state index contributed by atoms with van der Waals surface area (Å²) in [6.07, 6.45) is 9.10. The van der Waals surface area contributed by atoms with Gasteiger partial charge in [0.2, 0.25) is 5.91 Å². The molecular formula is C26H26N4O2. The fourth-order valence-corrected chi connectivity index (χ4v) is 4.09. The van der Waals surface area contributed by atoms with E-state index in [0.717, 1.165) is 16.7 Å². The van der Waals surface area contributed by atoms with E-state index in [1.54, 1.807) is 46.6 Å². The van der Waals surface area contributed by atoms with Crippen LogP contribution in [-0.2, 0) is 11.2 Å². The van der Waals surface area contributed by atoms with Gasteiger partial charge in [0.25, 0.3) is 5.91 Å². The topological polar surface area (TPSA) is 66.4 Å². The number of aromatic nitrogens is 2. The SMILES string of the molecule is C=CCN1CCN(C(=O)c2ccncc2)CC(Cc2cccc(-c3cccnc3)c2)C1=O. The van der Waals surface area contributed by atoms with Crippen LogP contribution in [0.3, 0.4) is 0 Å². The highest BCUT2D eigenvalue weighted by Gasteiger charge is 2.32. The van der Waals surface area contributed by atoms with Gasteiger partial charge in [-0.05, 0) is 41.3 Å².